The molecule has 0 fully saturated rings. The SMILES string of the molecule is O=c1cc[nH]cc1-c1ncccn1. The summed E-state index contributed by atoms with van der Waals surface area (Å²) in [6.45, 7) is 0. The lowest BCUT2D eigenvalue weighted by atomic mass is 10.2. The van der Waals surface area contributed by atoms with Crippen LogP contribution in [-0.4, -0.2) is 15.0 Å². The van der Waals surface area contributed by atoms with Gasteiger partial charge in [-0.05, 0) is 6.07 Å². The van der Waals surface area contributed by atoms with E-state index in [1.165, 1.54) is 6.07 Å². The average Bonchev–Trinajstić information content (AvgIpc) is 2.20. The molecule has 13 heavy (non-hydrogen) atoms. The lowest BCUT2D eigenvalue weighted by Crippen LogP contribution is -2.04. The molecule has 0 bridgehead atoms. The number of H-pyrrole nitrogens is 1. The fraction of sp³-hybridized carbons (Fsp3) is 0. The summed E-state index contributed by atoms with van der Waals surface area (Å²) in [5, 5.41) is 0. The molecule has 4 nitrogen and oxygen atoms in total. The molecular formula is C9H7N3O. The zero-order valence-electron chi connectivity index (χ0n) is 6.77. The summed E-state index contributed by atoms with van der Waals surface area (Å²) in [6.07, 6.45) is 6.38. The highest BCUT2D eigenvalue weighted by Crippen LogP contribution is 2.04. The van der Waals surface area contributed by atoms with Crippen LogP contribution in [0, 0.1) is 0 Å². The fourth-order valence-corrected chi connectivity index (χ4v) is 1.03. The second-order valence-corrected chi connectivity index (χ2v) is 2.49. The molecule has 0 aliphatic heterocycles. The first kappa shape index (κ1) is 7.67. The minimum Gasteiger partial charge on any atom is -0.367 e. The molecule has 2 aromatic heterocycles. The highest BCUT2D eigenvalue weighted by molar-refractivity contribution is 5.51. The quantitative estimate of drug-likeness (QED) is 0.694. The van der Waals surface area contributed by atoms with Crippen LogP contribution >= 0.6 is 0 Å². The number of pyridine rings is 1. The number of hydrogen-bond donors (Lipinski definition) is 1. The molecule has 0 aliphatic carbocycles. The molecule has 4 heteroatoms. The van der Waals surface area contributed by atoms with Crippen LogP contribution in [0.15, 0.2) is 41.7 Å². The van der Waals surface area contributed by atoms with Crippen molar-refractivity contribution < 1.29 is 0 Å². The number of nitrogens with one attached hydrogen (secondary N) is 1. The maximum absolute atomic E-state index is 11.3. The van der Waals surface area contributed by atoms with Crippen LogP contribution in [-0.2, 0) is 0 Å². The van der Waals surface area contributed by atoms with Crippen molar-refractivity contribution in [2.75, 3.05) is 0 Å². The van der Waals surface area contributed by atoms with Crippen LogP contribution in [0.3, 0.4) is 0 Å². The van der Waals surface area contributed by atoms with Crippen LogP contribution in [0.2, 0.25) is 0 Å². The summed E-state index contributed by atoms with van der Waals surface area (Å²) in [5.74, 6) is 0.448. The number of rotatable bonds is 1. The molecular weight excluding hydrogens is 166 g/mol. The van der Waals surface area contributed by atoms with Crippen molar-refractivity contribution in [2.45, 2.75) is 0 Å². The molecule has 0 aliphatic rings. The number of nitrogens with zero attached hydrogens (tertiary/aromatic N) is 2. The van der Waals surface area contributed by atoms with Gasteiger partial charge in [0.05, 0.1) is 5.56 Å². The van der Waals surface area contributed by atoms with Crippen molar-refractivity contribution in [3.8, 4) is 11.4 Å². The zero-order valence-corrected chi connectivity index (χ0v) is 6.77. The van der Waals surface area contributed by atoms with Gasteiger partial charge in [-0.25, -0.2) is 9.97 Å². The predicted octanol–water partition coefficient (Wildman–Crippen LogP) is 0.832. The Morgan fingerprint density at radius 2 is 2.00 bits per heavy atom. The lowest BCUT2D eigenvalue weighted by molar-refractivity contribution is 1.15. The second-order valence-electron chi connectivity index (χ2n) is 2.49. The van der Waals surface area contributed by atoms with Crippen molar-refractivity contribution in [3.63, 3.8) is 0 Å². The Balaban J connectivity index is 2.60. The largest absolute Gasteiger partial charge is 0.367 e. The summed E-state index contributed by atoms with van der Waals surface area (Å²) in [5.41, 5.74) is 0.410. The summed E-state index contributed by atoms with van der Waals surface area (Å²) in [7, 11) is 0. The third-order valence-corrected chi connectivity index (χ3v) is 1.63. The Morgan fingerprint density at radius 1 is 1.23 bits per heavy atom. The zero-order chi connectivity index (χ0) is 9.10. The van der Waals surface area contributed by atoms with Crippen LogP contribution < -0.4 is 5.43 Å². The Labute approximate surface area is 74.3 Å². The first-order chi connectivity index (χ1) is 6.38. The summed E-state index contributed by atoms with van der Waals surface area (Å²) >= 11 is 0. The average molecular weight is 173 g/mol. The van der Waals surface area contributed by atoms with E-state index in [1.807, 2.05) is 0 Å². The fourth-order valence-electron chi connectivity index (χ4n) is 1.03. The summed E-state index contributed by atoms with van der Waals surface area (Å²) < 4.78 is 0. The third kappa shape index (κ3) is 1.46. The summed E-state index contributed by atoms with van der Waals surface area (Å²) in [4.78, 5) is 22.1. The molecule has 2 aromatic rings. The minimum atomic E-state index is -0.0787. The van der Waals surface area contributed by atoms with Crippen molar-refractivity contribution in [3.05, 3.63) is 47.1 Å². The van der Waals surface area contributed by atoms with Gasteiger partial charge < -0.3 is 4.98 Å². The van der Waals surface area contributed by atoms with E-state index in [2.05, 4.69) is 15.0 Å². The van der Waals surface area contributed by atoms with Gasteiger partial charge in [0.25, 0.3) is 0 Å². The molecule has 0 spiro atoms. The third-order valence-electron chi connectivity index (χ3n) is 1.63. The van der Waals surface area contributed by atoms with E-state index in [9.17, 15) is 4.79 Å². The topological polar surface area (TPSA) is 58.6 Å². The van der Waals surface area contributed by atoms with Gasteiger partial charge >= 0.3 is 0 Å². The molecule has 64 valence electrons. The molecule has 0 unspecified atom stereocenters. The Hall–Kier alpha value is -1.97. The number of aromatic amines is 1. The first-order valence-corrected chi connectivity index (χ1v) is 3.82. The minimum absolute atomic E-state index is 0.0787. The van der Waals surface area contributed by atoms with E-state index in [0.717, 1.165) is 0 Å². The standard InChI is InChI=1S/C9H7N3O/c13-8-2-5-10-6-7(8)9-11-3-1-4-12-9/h1-6H,(H,10,13). The van der Waals surface area contributed by atoms with Crippen molar-refractivity contribution in [1.82, 2.24) is 15.0 Å². The van der Waals surface area contributed by atoms with Gasteiger partial charge in [0.15, 0.2) is 11.3 Å². The van der Waals surface area contributed by atoms with Crippen LogP contribution in [0.4, 0.5) is 0 Å². The molecule has 0 amide bonds. The van der Waals surface area contributed by atoms with E-state index >= 15 is 0 Å². The first-order valence-electron chi connectivity index (χ1n) is 3.82. The molecule has 0 atom stereocenters. The predicted molar refractivity (Wildman–Crippen MR) is 48.1 cm³/mol. The maximum Gasteiger partial charge on any atom is 0.192 e. The van der Waals surface area contributed by atoms with E-state index in [-0.39, 0.29) is 5.43 Å². The van der Waals surface area contributed by atoms with Gasteiger partial charge in [-0.15, -0.1) is 0 Å². The normalized spacial score (nSPS) is 9.85. The molecule has 1 N–H and O–H groups in total. The van der Waals surface area contributed by atoms with Crippen LogP contribution in [0.5, 0.6) is 0 Å². The number of hydrogen-bond acceptors (Lipinski definition) is 3. The second kappa shape index (κ2) is 3.18. The van der Waals surface area contributed by atoms with Crippen LogP contribution in [0.25, 0.3) is 11.4 Å². The monoisotopic (exact) mass is 173 g/mol. The van der Waals surface area contributed by atoms with Gasteiger partial charge in [0.1, 0.15) is 0 Å². The molecule has 0 aromatic carbocycles. The van der Waals surface area contributed by atoms with Crippen molar-refractivity contribution >= 4 is 0 Å². The van der Waals surface area contributed by atoms with Gasteiger partial charge in [0.2, 0.25) is 0 Å². The summed E-state index contributed by atoms with van der Waals surface area (Å²) in [6, 6.07) is 3.16. The number of aromatic nitrogens is 3. The van der Waals surface area contributed by atoms with Gasteiger partial charge in [-0.3, -0.25) is 4.79 Å². The molecule has 2 rings (SSSR count). The molecule has 0 radical (unpaired) electrons. The van der Waals surface area contributed by atoms with Crippen LogP contribution in [0.1, 0.15) is 0 Å². The van der Waals surface area contributed by atoms with E-state index in [0.29, 0.717) is 11.4 Å². The highest BCUT2D eigenvalue weighted by atomic mass is 16.1. The Morgan fingerprint density at radius 3 is 2.69 bits per heavy atom. The van der Waals surface area contributed by atoms with Crippen molar-refractivity contribution in [2.24, 2.45) is 0 Å². The van der Waals surface area contributed by atoms with E-state index in [4.69, 9.17) is 0 Å². The molecule has 0 saturated heterocycles. The lowest BCUT2D eigenvalue weighted by Gasteiger charge is -1.95. The smallest absolute Gasteiger partial charge is 0.192 e. The molecule has 0 saturated carbocycles. The Kier molecular flexibility index (Phi) is 1.88. The highest BCUT2D eigenvalue weighted by Gasteiger charge is 2.02. The van der Waals surface area contributed by atoms with E-state index in [1.54, 1.807) is 30.9 Å². The van der Waals surface area contributed by atoms with Gasteiger partial charge in [0, 0.05) is 30.9 Å². The maximum atomic E-state index is 11.3. The molecule has 2 heterocycles. The Bertz CT molecular complexity index is 450. The van der Waals surface area contributed by atoms with Gasteiger partial charge in [-0.1, -0.05) is 0 Å². The van der Waals surface area contributed by atoms with Crippen molar-refractivity contribution in [1.29, 1.82) is 0 Å². The van der Waals surface area contributed by atoms with E-state index < -0.39 is 0 Å². The van der Waals surface area contributed by atoms with Gasteiger partial charge in [-0.2, -0.15) is 0 Å².